The maximum absolute atomic E-state index is 11.4. The van der Waals surface area contributed by atoms with Crippen LogP contribution in [0.1, 0.15) is 0 Å². The predicted molar refractivity (Wildman–Crippen MR) is 80.3 cm³/mol. The van der Waals surface area contributed by atoms with Gasteiger partial charge in [0.25, 0.3) is 0 Å². The van der Waals surface area contributed by atoms with Crippen LogP contribution >= 0.6 is 0 Å². The number of imidazole rings is 1. The van der Waals surface area contributed by atoms with E-state index < -0.39 is 10.8 Å². The molecular formula is C14H14N4OS. The fourth-order valence-corrected chi connectivity index (χ4v) is 2.65. The van der Waals surface area contributed by atoms with Crippen molar-refractivity contribution in [3.63, 3.8) is 0 Å². The van der Waals surface area contributed by atoms with Gasteiger partial charge in [0, 0.05) is 47.0 Å². The van der Waals surface area contributed by atoms with Crippen molar-refractivity contribution < 1.29 is 4.21 Å². The standard InChI is InChI=1S/C14H14N4OS/c1-15-13-14-17-9-12(18(14)8-7-16-13)10-3-5-11(6-4-10)20(2)19/h3-9H,1-2H3,(H,15,16). The van der Waals surface area contributed by atoms with Crippen molar-refractivity contribution >= 4 is 22.3 Å². The molecule has 0 spiro atoms. The second kappa shape index (κ2) is 5.05. The molecule has 1 atom stereocenters. The highest BCUT2D eigenvalue weighted by Gasteiger charge is 2.09. The number of fused-ring (bicyclic) bond motifs is 1. The van der Waals surface area contributed by atoms with E-state index in [0.29, 0.717) is 0 Å². The molecule has 0 aliphatic heterocycles. The molecule has 2 aromatic heterocycles. The topological polar surface area (TPSA) is 59.3 Å². The van der Waals surface area contributed by atoms with E-state index in [1.54, 1.807) is 12.5 Å². The van der Waals surface area contributed by atoms with Gasteiger partial charge in [-0.05, 0) is 12.1 Å². The van der Waals surface area contributed by atoms with Crippen molar-refractivity contribution in [1.29, 1.82) is 0 Å². The minimum atomic E-state index is -0.959. The highest BCUT2D eigenvalue weighted by molar-refractivity contribution is 7.84. The van der Waals surface area contributed by atoms with Gasteiger partial charge in [0.2, 0.25) is 0 Å². The molecule has 1 aromatic carbocycles. The molecule has 0 fully saturated rings. The van der Waals surface area contributed by atoms with Crippen LogP contribution in [0.5, 0.6) is 0 Å². The van der Waals surface area contributed by atoms with E-state index >= 15 is 0 Å². The van der Waals surface area contributed by atoms with Gasteiger partial charge in [-0.3, -0.25) is 8.61 Å². The van der Waals surface area contributed by atoms with Crippen LogP contribution < -0.4 is 5.32 Å². The number of benzene rings is 1. The first-order valence-corrected chi connectivity index (χ1v) is 7.70. The minimum Gasteiger partial charge on any atom is -0.370 e. The maximum Gasteiger partial charge on any atom is 0.180 e. The smallest absolute Gasteiger partial charge is 0.180 e. The molecule has 1 N–H and O–H groups in total. The van der Waals surface area contributed by atoms with Crippen molar-refractivity contribution in [1.82, 2.24) is 14.4 Å². The van der Waals surface area contributed by atoms with Crippen molar-refractivity contribution in [3.05, 3.63) is 42.9 Å². The minimum absolute atomic E-state index is 0.741. The first-order chi connectivity index (χ1) is 9.70. The first-order valence-electron chi connectivity index (χ1n) is 6.14. The van der Waals surface area contributed by atoms with Gasteiger partial charge >= 0.3 is 0 Å². The molecule has 1 unspecified atom stereocenters. The van der Waals surface area contributed by atoms with Crippen molar-refractivity contribution in [2.45, 2.75) is 4.90 Å². The third-order valence-corrected chi connectivity index (χ3v) is 4.08. The lowest BCUT2D eigenvalue weighted by Crippen LogP contribution is -1.97. The second-order valence-electron chi connectivity index (χ2n) is 4.34. The van der Waals surface area contributed by atoms with Crippen LogP contribution in [-0.4, -0.2) is 31.9 Å². The molecule has 5 nitrogen and oxygen atoms in total. The quantitative estimate of drug-likeness (QED) is 0.801. The summed E-state index contributed by atoms with van der Waals surface area (Å²) in [6.07, 6.45) is 7.10. The summed E-state index contributed by atoms with van der Waals surface area (Å²) in [6.45, 7) is 0. The van der Waals surface area contributed by atoms with Crippen LogP contribution in [0.4, 0.5) is 5.82 Å². The van der Waals surface area contributed by atoms with Gasteiger partial charge in [-0.1, -0.05) is 12.1 Å². The van der Waals surface area contributed by atoms with Crippen LogP contribution in [0.2, 0.25) is 0 Å². The Morgan fingerprint density at radius 2 is 1.95 bits per heavy atom. The Morgan fingerprint density at radius 3 is 2.60 bits per heavy atom. The summed E-state index contributed by atoms with van der Waals surface area (Å²) in [7, 11) is 0.863. The molecule has 0 bridgehead atoms. The number of hydrogen-bond donors (Lipinski definition) is 1. The van der Waals surface area contributed by atoms with E-state index in [1.165, 1.54) is 0 Å². The van der Waals surface area contributed by atoms with Crippen LogP contribution in [0.15, 0.2) is 47.8 Å². The average molecular weight is 286 g/mol. The Labute approximate surface area is 119 Å². The van der Waals surface area contributed by atoms with Gasteiger partial charge in [0.1, 0.15) is 0 Å². The molecule has 0 radical (unpaired) electrons. The third kappa shape index (κ3) is 2.08. The monoisotopic (exact) mass is 286 g/mol. The molecular weight excluding hydrogens is 272 g/mol. The zero-order valence-corrected chi connectivity index (χ0v) is 12.0. The maximum atomic E-state index is 11.4. The summed E-state index contributed by atoms with van der Waals surface area (Å²) in [6, 6.07) is 7.68. The van der Waals surface area contributed by atoms with Gasteiger partial charge in [-0.25, -0.2) is 9.97 Å². The predicted octanol–water partition coefficient (Wildman–Crippen LogP) is 2.18. The summed E-state index contributed by atoms with van der Waals surface area (Å²) >= 11 is 0. The van der Waals surface area contributed by atoms with Gasteiger partial charge in [-0.2, -0.15) is 0 Å². The molecule has 0 aliphatic carbocycles. The molecule has 0 saturated heterocycles. The van der Waals surface area contributed by atoms with Gasteiger partial charge in [0.15, 0.2) is 11.5 Å². The number of aromatic nitrogens is 3. The van der Waals surface area contributed by atoms with Crippen LogP contribution in [0.3, 0.4) is 0 Å². The van der Waals surface area contributed by atoms with Crippen molar-refractivity contribution in [2.24, 2.45) is 0 Å². The van der Waals surface area contributed by atoms with E-state index in [0.717, 1.165) is 27.6 Å². The van der Waals surface area contributed by atoms with E-state index in [4.69, 9.17) is 0 Å². The van der Waals surface area contributed by atoms with Gasteiger partial charge < -0.3 is 5.32 Å². The van der Waals surface area contributed by atoms with E-state index in [9.17, 15) is 4.21 Å². The molecule has 6 heteroatoms. The Balaban J connectivity index is 2.12. The summed E-state index contributed by atoms with van der Waals surface area (Å²) in [5, 5.41) is 3.02. The zero-order valence-electron chi connectivity index (χ0n) is 11.2. The summed E-state index contributed by atoms with van der Waals surface area (Å²) in [5.74, 6) is 0.741. The summed E-state index contributed by atoms with van der Waals surface area (Å²) in [4.78, 5) is 9.46. The van der Waals surface area contributed by atoms with E-state index in [-0.39, 0.29) is 0 Å². The largest absolute Gasteiger partial charge is 0.370 e. The summed E-state index contributed by atoms with van der Waals surface area (Å²) in [5.41, 5.74) is 2.79. The Hall–Kier alpha value is -2.21. The zero-order chi connectivity index (χ0) is 14.1. The van der Waals surface area contributed by atoms with Crippen LogP contribution in [0.25, 0.3) is 16.9 Å². The average Bonchev–Trinajstić information content (AvgIpc) is 2.91. The number of anilines is 1. The van der Waals surface area contributed by atoms with Crippen LogP contribution in [0, 0.1) is 0 Å². The Kier molecular flexibility index (Phi) is 3.23. The second-order valence-corrected chi connectivity index (χ2v) is 5.72. The SMILES string of the molecule is CNc1nccn2c(-c3ccc(S(C)=O)cc3)cnc12. The fourth-order valence-electron chi connectivity index (χ4n) is 2.13. The van der Waals surface area contributed by atoms with Crippen LogP contribution in [-0.2, 0) is 10.8 Å². The normalized spacial score (nSPS) is 12.5. The molecule has 0 amide bonds. The number of rotatable bonds is 3. The number of nitrogens with zero attached hydrogens (tertiary/aromatic N) is 3. The molecule has 0 saturated carbocycles. The number of hydrogen-bond acceptors (Lipinski definition) is 4. The fraction of sp³-hybridized carbons (Fsp3) is 0.143. The molecule has 3 aromatic rings. The van der Waals surface area contributed by atoms with Crippen molar-refractivity contribution in [2.75, 3.05) is 18.6 Å². The lowest BCUT2D eigenvalue weighted by Gasteiger charge is -2.05. The molecule has 2 heterocycles. The molecule has 20 heavy (non-hydrogen) atoms. The highest BCUT2D eigenvalue weighted by Crippen LogP contribution is 2.23. The lowest BCUT2D eigenvalue weighted by atomic mass is 10.2. The molecule has 102 valence electrons. The Bertz CT molecular complexity index is 779. The molecule has 3 rings (SSSR count). The first kappa shape index (κ1) is 12.8. The Morgan fingerprint density at radius 1 is 1.20 bits per heavy atom. The third-order valence-electron chi connectivity index (χ3n) is 3.15. The van der Waals surface area contributed by atoms with Crippen molar-refractivity contribution in [3.8, 4) is 11.3 Å². The number of nitrogens with one attached hydrogen (secondary N) is 1. The molecule has 0 aliphatic rings. The van der Waals surface area contributed by atoms with E-state index in [1.807, 2.05) is 48.1 Å². The summed E-state index contributed by atoms with van der Waals surface area (Å²) < 4.78 is 13.4. The van der Waals surface area contributed by atoms with Gasteiger partial charge in [0.05, 0.1) is 11.9 Å². The van der Waals surface area contributed by atoms with E-state index in [2.05, 4.69) is 15.3 Å². The lowest BCUT2D eigenvalue weighted by molar-refractivity contribution is 0.687. The highest BCUT2D eigenvalue weighted by atomic mass is 32.2. The van der Waals surface area contributed by atoms with Gasteiger partial charge in [-0.15, -0.1) is 0 Å².